The molecule has 2 aromatic heterocycles. The highest BCUT2D eigenvalue weighted by Crippen LogP contribution is 2.52. The van der Waals surface area contributed by atoms with Crippen LogP contribution in [-0.2, 0) is 0 Å². The van der Waals surface area contributed by atoms with Crippen molar-refractivity contribution in [2.45, 2.75) is 0 Å². The number of rotatable bonds is 3. The van der Waals surface area contributed by atoms with E-state index in [2.05, 4.69) is 154 Å². The first-order chi connectivity index (χ1) is 20.8. The Bertz CT molecular complexity index is 2280. The van der Waals surface area contributed by atoms with E-state index in [4.69, 9.17) is 0 Å². The third kappa shape index (κ3) is 3.31. The molecule has 0 amide bonds. The van der Waals surface area contributed by atoms with Gasteiger partial charge >= 0.3 is 0 Å². The fraction of sp³-hybridized carbons (Fsp3) is 0. The molecule has 42 heavy (non-hydrogen) atoms. The van der Waals surface area contributed by atoms with Crippen LogP contribution in [0, 0.1) is 0 Å². The molecule has 9 rings (SSSR count). The number of para-hydroxylation sites is 1. The second-order valence-electron chi connectivity index (χ2n) is 10.9. The number of fused-ring (bicyclic) bond motifs is 5. The van der Waals surface area contributed by atoms with Gasteiger partial charge in [-0.05, 0) is 76.7 Å². The molecule has 0 saturated carbocycles. The van der Waals surface area contributed by atoms with Crippen LogP contribution in [0.4, 0.5) is 17.1 Å². The van der Waals surface area contributed by atoms with Gasteiger partial charge in [0, 0.05) is 45.5 Å². The lowest BCUT2D eigenvalue weighted by atomic mass is 9.89. The molecular formula is C39H25N3. The van der Waals surface area contributed by atoms with Gasteiger partial charge in [0.1, 0.15) is 0 Å². The maximum absolute atomic E-state index is 4.32. The first-order valence-corrected chi connectivity index (χ1v) is 14.3. The topological polar surface area (TPSA) is 21.1 Å². The van der Waals surface area contributed by atoms with Gasteiger partial charge in [0.2, 0.25) is 0 Å². The van der Waals surface area contributed by atoms with Gasteiger partial charge in [0.05, 0.1) is 22.4 Å². The largest absolute Gasteiger partial charge is 0.309 e. The fourth-order valence-electron chi connectivity index (χ4n) is 6.75. The summed E-state index contributed by atoms with van der Waals surface area (Å²) in [6.07, 6.45) is 3.75. The Morgan fingerprint density at radius 1 is 0.452 bits per heavy atom. The van der Waals surface area contributed by atoms with Crippen LogP contribution in [0.5, 0.6) is 0 Å². The molecule has 0 bridgehead atoms. The average molecular weight is 536 g/mol. The minimum absolute atomic E-state index is 1.10. The summed E-state index contributed by atoms with van der Waals surface area (Å²) in [5.74, 6) is 0. The van der Waals surface area contributed by atoms with Crippen molar-refractivity contribution in [3.05, 3.63) is 152 Å². The van der Waals surface area contributed by atoms with E-state index in [1.165, 1.54) is 66.2 Å². The van der Waals surface area contributed by atoms with Gasteiger partial charge in [-0.1, -0.05) is 84.9 Å². The minimum Gasteiger partial charge on any atom is -0.309 e. The summed E-state index contributed by atoms with van der Waals surface area (Å²) in [6, 6.07) is 50.5. The summed E-state index contributed by atoms with van der Waals surface area (Å²) in [5.41, 5.74) is 11.9. The van der Waals surface area contributed by atoms with Crippen LogP contribution in [0.1, 0.15) is 0 Å². The average Bonchev–Trinajstić information content (AvgIpc) is 3.38. The van der Waals surface area contributed by atoms with Crippen molar-refractivity contribution < 1.29 is 0 Å². The second kappa shape index (κ2) is 8.92. The van der Waals surface area contributed by atoms with Crippen molar-refractivity contribution in [3.8, 4) is 27.9 Å². The van der Waals surface area contributed by atoms with Crippen LogP contribution in [0.15, 0.2) is 152 Å². The normalized spacial score (nSPS) is 12.2. The van der Waals surface area contributed by atoms with Crippen LogP contribution in [-0.4, -0.2) is 9.55 Å². The first kappa shape index (κ1) is 23.1. The maximum Gasteiger partial charge on any atom is 0.0562 e. The SMILES string of the molecule is c1ccc(-c2ccc3c(c2)c2cc4c(cc2n3-c2ccccc2)N(c2ccncc2)c2cccc3cccc-4c23)cc1. The Hall–Kier alpha value is -5.67. The molecule has 0 spiro atoms. The van der Waals surface area contributed by atoms with Crippen molar-refractivity contribution in [1.29, 1.82) is 0 Å². The Morgan fingerprint density at radius 3 is 2.00 bits per heavy atom. The first-order valence-electron chi connectivity index (χ1n) is 14.3. The Balaban J connectivity index is 1.43. The fourth-order valence-corrected chi connectivity index (χ4v) is 6.75. The van der Waals surface area contributed by atoms with Crippen LogP contribution in [0.2, 0.25) is 0 Å². The summed E-state index contributed by atoms with van der Waals surface area (Å²) in [4.78, 5) is 6.72. The van der Waals surface area contributed by atoms with Crippen LogP contribution in [0.3, 0.4) is 0 Å². The van der Waals surface area contributed by atoms with Gasteiger partial charge in [-0.3, -0.25) is 4.98 Å². The lowest BCUT2D eigenvalue weighted by Gasteiger charge is -2.33. The van der Waals surface area contributed by atoms with Gasteiger partial charge in [-0.15, -0.1) is 0 Å². The molecule has 0 saturated heterocycles. The van der Waals surface area contributed by atoms with Gasteiger partial charge in [0.15, 0.2) is 0 Å². The van der Waals surface area contributed by atoms with E-state index < -0.39 is 0 Å². The number of benzene rings is 6. The molecule has 0 fully saturated rings. The molecule has 8 aromatic rings. The number of hydrogen-bond acceptors (Lipinski definition) is 2. The molecule has 3 nitrogen and oxygen atoms in total. The minimum atomic E-state index is 1.10. The zero-order valence-electron chi connectivity index (χ0n) is 22.8. The smallest absolute Gasteiger partial charge is 0.0562 e. The third-order valence-corrected chi connectivity index (χ3v) is 8.58. The van der Waals surface area contributed by atoms with Crippen molar-refractivity contribution in [2.75, 3.05) is 4.90 Å². The molecule has 196 valence electrons. The van der Waals surface area contributed by atoms with Crippen molar-refractivity contribution in [1.82, 2.24) is 9.55 Å². The number of anilines is 3. The molecule has 3 heterocycles. The van der Waals surface area contributed by atoms with Crippen molar-refractivity contribution in [2.24, 2.45) is 0 Å². The number of pyridine rings is 1. The molecular weight excluding hydrogens is 510 g/mol. The summed E-state index contributed by atoms with van der Waals surface area (Å²) in [6.45, 7) is 0. The van der Waals surface area contributed by atoms with Gasteiger partial charge in [-0.25, -0.2) is 0 Å². The van der Waals surface area contributed by atoms with E-state index in [1.54, 1.807) is 0 Å². The highest BCUT2D eigenvalue weighted by Gasteiger charge is 2.28. The molecule has 0 N–H and O–H groups in total. The van der Waals surface area contributed by atoms with Gasteiger partial charge in [-0.2, -0.15) is 0 Å². The van der Waals surface area contributed by atoms with Crippen LogP contribution in [0.25, 0.3) is 60.5 Å². The van der Waals surface area contributed by atoms with E-state index >= 15 is 0 Å². The molecule has 0 unspecified atom stereocenters. The molecule has 1 aliphatic rings. The van der Waals surface area contributed by atoms with Crippen molar-refractivity contribution >= 4 is 49.6 Å². The molecule has 0 radical (unpaired) electrons. The number of nitrogens with zero attached hydrogens (tertiary/aromatic N) is 3. The molecule has 0 aliphatic carbocycles. The van der Waals surface area contributed by atoms with E-state index in [0.717, 1.165) is 11.4 Å². The lowest BCUT2D eigenvalue weighted by molar-refractivity contribution is 1.18. The highest BCUT2D eigenvalue weighted by molar-refractivity contribution is 6.19. The third-order valence-electron chi connectivity index (χ3n) is 8.58. The summed E-state index contributed by atoms with van der Waals surface area (Å²) < 4.78 is 2.41. The summed E-state index contributed by atoms with van der Waals surface area (Å²) in [5, 5.41) is 5.02. The van der Waals surface area contributed by atoms with Crippen molar-refractivity contribution in [3.63, 3.8) is 0 Å². The maximum atomic E-state index is 4.32. The highest BCUT2D eigenvalue weighted by atomic mass is 15.2. The lowest BCUT2D eigenvalue weighted by Crippen LogP contribution is -2.15. The Labute approximate surface area is 243 Å². The molecule has 6 aromatic carbocycles. The van der Waals surface area contributed by atoms with Gasteiger partial charge < -0.3 is 9.47 Å². The summed E-state index contributed by atoms with van der Waals surface area (Å²) in [7, 11) is 0. The predicted octanol–water partition coefficient (Wildman–Crippen LogP) is 10.4. The molecule has 0 atom stereocenters. The molecule has 3 heteroatoms. The standard InChI is InChI=1S/C39H25N3/c1-3-9-26(10-4-1)28-17-18-35-32(23-28)34-24-33-31-15-7-11-27-12-8-16-36(39(27)31)42(30-19-21-40-22-20-30)37(33)25-38(34)41(35)29-13-5-2-6-14-29/h1-25H. The Morgan fingerprint density at radius 2 is 1.19 bits per heavy atom. The predicted molar refractivity (Wildman–Crippen MR) is 175 cm³/mol. The zero-order valence-corrected chi connectivity index (χ0v) is 22.8. The Kier molecular flexibility index (Phi) is 4.90. The number of aromatic nitrogens is 2. The monoisotopic (exact) mass is 535 g/mol. The van der Waals surface area contributed by atoms with Crippen LogP contribution >= 0.6 is 0 Å². The van der Waals surface area contributed by atoms with Gasteiger partial charge in [0.25, 0.3) is 0 Å². The summed E-state index contributed by atoms with van der Waals surface area (Å²) >= 11 is 0. The van der Waals surface area contributed by atoms with Crippen LogP contribution < -0.4 is 4.90 Å². The molecule has 1 aliphatic heterocycles. The second-order valence-corrected chi connectivity index (χ2v) is 10.9. The van der Waals surface area contributed by atoms with E-state index in [-0.39, 0.29) is 0 Å². The zero-order chi connectivity index (χ0) is 27.6. The van der Waals surface area contributed by atoms with E-state index in [9.17, 15) is 0 Å². The quantitative estimate of drug-likeness (QED) is 0.224. The number of hydrogen-bond donors (Lipinski definition) is 0. The van der Waals surface area contributed by atoms with E-state index in [1.807, 2.05) is 12.4 Å². The van der Waals surface area contributed by atoms with E-state index in [0.29, 0.717) is 0 Å².